The third-order valence-electron chi connectivity index (χ3n) is 4.12. The van der Waals surface area contributed by atoms with E-state index in [0.717, 1.165) is 36.3 Å². The molecule has 0 bridgehead atoms. The molecule has 0 saturated carbocycles. The second kappa shape index (κ2) is 9.23. The molecule has 0 spiro atoms. The Balaban J connectivity index is 2.23. The van der Waals surface area contributed by atoms with Gasteiger partial charge in [0.2, 0.25) is 0 Å². The minimum atomic E-state index is 0.704. The Hall–Kier alpha value is -1.97. The van der Waals surface area contributed by atoms with Gasteiger partial charge in [0.05, 0.1) is 12.8 Å². The van der Waals surface area contributed by atoms with Crippen LogP contribution in [0.5, 0.6) is 5.75 Å². The van der Waals surface area contributed by atoms with Crippen LogP contribution in [0.3, 0.4) is 0 Å². The molecule has 4 nitrogen and oxygen atoms in total. The summed E-state index contributed by atoms with van der Waals surface area (Å²) in [7, 11) is 0. The molecular formula is C19H27N3O. The van der Waals surface area contributed by atoms with Gasteiger partial charge in [0, 0.05) is 5.56 Å². The average Bonchev–Trinajstić information content (AvgIpc) is 2.61. The van der Waals surface area contributed by atoms with E-state index in [1.54, 1.807) is 6.20 Å². The second-order valence-corrected chi connectivity index (χ2v) is 5.71. The number of rotatable bonds is 9. The highest BCUT2D eigenvalue weighted by atomic mass is 16.5. The number of aromatic nitrogens is 3. The van der Waals surface area contributed by atoms with Crippen molar-refractivity contribution in [1.82, 2.24) is 15.4 Å². The van der Waals surface area contributed by atoms with E-state index >= 15 is 0 Å². The van der Waals surface area contributed by atoms with Gasteiger partial charge in [0.25, 0.3) is 0 Å². The van der Waals surface area contributed by atoms with Crippen LogP contribution in [-0.2, 0) is 12.8 Å². The van der Waals surface area contributed by atoms with Crippen molar-refractivity contribution < 1.29 is 4.74 Å². The lowest BCUT2D eigenvalue weighted by atomic mass is 9.95. The maximum absolute atomic E-state index is 5.95. The molecule has 1 aromatic carbocycles. The predicted molar refractivity (Wildman–Crippen MR) is 93.7 cm³/mol. The summed E-state index contributed by atoms with van der Waals surface area (Å²) in [6.45, 7) is 7.28. The molecule has 0 N–H and O–H groups in total. The van der Waals surface area contributed by atoms with Gasteiger partial charge in [-0.25, -0.2) is 0 Å². The van der Waals surface area contributed by atoms with Crippen molar-refractivity contribution in [3.63, 3.8) is 0 Å². The van der Waals surface area contributed by atoms with Crippen LogP contribution < -0.4 is 4.74 Å². The first-order chi connectivity index (χ1) is 11.3. The summed E-state index contributed by atoms with van der Waals surface area (Å²) in [6, 6.07) is 6.37. The topological polar surface area (TPSA) is 47.9 Å². The van der Waals surface area contributed by atoms with Crippen LogP contribution in [0, 0.1) is 0 Å². The number of hydrogen-bond donors (Lipinski definition) is 0. The summed E-state index contributed by atoms with van der Waals surface area (Å²) in [6.07, 6.45) is 8.41. The largest absolute Gasteiger partial charge is 0.490 e. The number of unbranched alkanes of at least 4 members (excludes halogenated alkanes) is 3. The smallest absolute Gasteiger partial charge is 0.167 e. The van der Waals surface area contributed by atoms with Crippen LogP contribution in [0.4, 0.5) is 0 Å². The fraction of sp³-hybridized carbons (Fsp3) is 0.526. The van der Waals surface area contributed by atoms with Crippen molar-refractivity contribution in [1.29, 1.82) is 0 Å². The van der Waals surface area contributed by atoms with E-state index in [9.17, 15) is 0 Å². The zero-order valence-electron chi connectivity index (χ0n) is 14.5. The van der Waals surface area contributed by atoms with Gasteiger partial charge in [-0.1, -0.05) is 58.2 Å². The number of benzene rings is 1. The van der Waals surface area contributed by atoms with Crippen LogP contribution >= 0.6 is 0 Å². The van der Waals surface area contributed by atoms with Crippen molar-refractivity contribution in [3.8, 4) is 17.0 Å². The van der Waals surface area contributed by atoms with E-state index in [2.05, 4.69) is 54.4 Å². The van der Waals surface area contributed by atoms with E-state index < -0.39 is 0 Å². The van der Waals surface area contributed by atoms with E-state index in [1.165, 1.54) is 30.4 Å². The molecule has 0 aliphatic heterocycles. The van der Waals surface area contributed by atoms with Gasteiger partial charge in [0.1, 0.15) is 5.69 Å². The van der Waals surface area contributed by atoms with Gasteiger partial charge in [0.15, 0.2) is 5.75 Å². The first-order valence-electron chi connectivity index (χ1n) is 8.74. The normalized spacial score (nSPS) is 10.7. The molecule has 23 heavy (non-hydrogen) atoms. The quantitative estimate of drug-likeness (QED) is 0.634. The minimum absolute atomic E-state index is 0.704. The van der Waals surface area contributed by atoms with Gasteiger partial charge in [-0.3, -0.25) is 0 Å². The molecule has 4 heteroatoms. The number of nitrogens with zero attached hydrogens (tertiary/aromatic N) is 3. The monoisotopic (exact) mass is 313 g/mol. The van der Waals surface area contributed by atoms with Crippen molar-refractivity contribution >= 4 is 0 Å². The first-order valence-corrected chi connectivity index (χ1v) is 8.74. The molecule has 0 fully saturated rings. The van der Waals surface area contributed by atoms with E-state index in [4.69, 9.17) is 4.74 Å². The molecule has 0 aliphatic carbocycles. The summed E-state index contributed by atoms with van der Waals surface area (Å²) < 4.78 is 5.95. The van der Waals surface area contributed by atoms with Crippen molar-refractivity contribution in [2.45, 2.75) is 59.3 Å². The van der Waals surface area contributed by atoms with E-state index in [0.29, 0.717) is 6.61 Å². The van der Waals surface area contributed by atoms with E-state index in [-0.39, 0.29) is 0 Å². The van der Waals surface area contributed by atoms with Gasteiger partial charge >= 0.3 is 0 Å². The highest BCUT2D eigenvalue weighted by Gasteiger charge is 2.14. The molecule has 0 radical (unpaired) electrons. The molecule has 2 aromatic rings. The Morgan fingerprint density at radius 2 is 1.87 bits per heavy atom. The van der Waals surface area contributed by atoms with Crippen molar-refractivity contribution in [2.75, 3.05) is 6.61 Å². The Morgan fingerprint density at radius 3 is 2.61 bits per heavy atom. The molecule has 0 aliphatic rings. The highest BCUT2D eigenvalue weighted by molar-refractivity contribution is 5.70. The third kappa shape index (κ3) is 4.50. The second-order valence-electron chi connectivity index (χ2n) is 5.71. The maximum Gasteiger partial charge on any atom is 0.167 e. The van der Waals surface area contributed by atoms with Gasteiger partial charge < -0.3 is 4.74 Å². The van der Waals surface area contributed by atoms with Crippen molar-refractivity contribution in [2.24, 2.45) is 0 Å². The molecular weight excluding hydrogens is 286 g/mol. The molecule has 0 amide bonds. The molecule has 0 atom stereocenters. The fourth-order valence-electron chi connectivity index (χ4n) is 2.87. The Kier molecular flexibility index (Phi) is 6.98. The lowest BCUT2D eigenvalue weighted by molar-refractivity contribution is 0.303. The van der Waals surface area contributed by atoms with Crippen LogP contribution in [0.25, 0.3) is 11.3 Å². The zero-order valence-corrected chi connectivity index (χ0v) is 14.5. The first kappa shape index (κ1) is 17.4. The third-order valence-corrected chi connectivity index (χ3v) is 4.12. The van der Waals surface area contributed by atoms with Crippen molar-refractivity contribution in [3.05, 3.63) is 35.5 Å². The SMILES string of the molecule is CCCCCCOc1cnnnc1-c1cccc(CC)c1CC. The summed E-state index contributed by atoms with van der Waals surface area (Å²) >= 11 is 0. The van der Waals surface area contributed by atoms with Crippen LogP contribution in [0.15, 0.2) is 24.4 Å². The molecule has 2 rings (SSSR count). The van der Waals surface area contributed by atoms with Gasteiger partial charge in [-0.2, -0.15) is 0 Å². The average molecular weight is 313 g/mol. The summed E-state index contributed by atoms with van der Waals surface area (Å²) in [5, 5.41) is 12.0. The summed E-state index contributed by atoms with van der Waals surface area (Å²) in [4.78, 5) is 0. The van der Waals surface area contributed by atoms with E-state index in [1.807, 2.05) is 0 Å². The predicted octanol–water partition coefficient (Wildman–Crippen LogP) is 4.62. The molecule has 1 heterocycles. The number of hydrogen-bond acceptors (Lipinski definition) is 4. The summed E-state index contributed by atoms with van der Waals surface area (Å²) in [5.41, 5.74) is 4.61. The standard InChI is InChI=1S/C19H27N3O/c1-4-7-8-9-13-23-18-14-20-22-21-19(18)17-12-10-11-15(5-2)16(17)6-3/h10-12,14H,4-9,13H2,1-3H3. The minimum Gasteiger partial charge on any atom is -0.490 e. The number of ether oxygens (including phenoxy) is 1. The van der Waals surface area contributed by atoms with Crippen LogP contribution in [-0.4, -0.2) is 22.0 Å². The molecule has 124 valence electrons. The van der Waals surface area contributed by atoms with Gasteiger partial charge in [-0.15, -0.1) is 10.2 Å². The lowest BCUT2D eigenvalue weighted by Gasteiger charge is -2.14. The van der Waals surface area contributed by atoms with Crippen LogP contribution in [0.1, 0.15) is 57.6 Å². The van der Waals surface area contributed by atoms with Gasteiger partial charge in [-0.05, 0) is 35.6 Å². The Labute approximate surface area is 139 Å². The highest BCUT2D eigenvalue weighted by Crippen LogP contribution is 2.31. The number of aryl methyl sites for hydroxylation is 1. The zero-order chi connectivity index (χ0) is 16.5. The molecule has 1 aromatic heterocycles. The Bertz CT molecular complexity index is 613. The summed E-state index contributed by atoms with van der Waals surface area (Å²) in [5.74, 6) is 0.736. The molecule has 0 saturated heterocycles. The van der Waals surface area contributed by atoms with Crippen LogP contribution in [0.2, 0.25) is 0 Å². The Morgan fingerprint density at radius 1 is 1.00 bits per heavy atom. The lowest BCUT2D eigenvalue weighted by Crippen LogP contribution is -2.04. The fourth-order valence-corrected chi connectivity index (χ4v) is 2.87. The molecule has 0 unspecified atom stereocenters. The maximum atomic E-state index is 5.95.